The highest BCUT2D eigenvalue weighted by molar-refractivity contribution is 8.00. The molecule has 0 unspecified atom stereocenters. The van der Waals surface area contributed by atoms with Crippen molar-refractivity contribution >= 4 is 34.4 Å². The smallest absolute Gasteiger partial charge is 0.237 e. The average Bonchev–Trinajstić information content (AvgIpc) is 3.11. The number of carbonyl (C=O) groups is 1. The van der Waals surface area contributed by atoms with Gasteiger partial charge in [0.1, 0.15) is 0 Å². The lowest BCUT2D eigenvalue weighted by Gasteiger charge is -2.14. The van der Waals surface area contributed by atoms with Crippen molar-refractivity contribution in [1.29, 1.82) is 0 Å². The lowest BCUT2D eigenvalue weighted by molar-refractivity contribution is -0.115. The van der Waals surface area contributed by atoms with Crippen molar-refractivity contribution in [3.63, 3.8) is 0 Å². The molecule has 2 N–H and O–H groups in total. The van der Waals surface area contributed by atoms with Crippen LogP contribution < -0.4 is 5.32 Å². The summed E-state index contributed by atoms with van der Waals surface area (Å²) in [5, 5.41) is 3.52. The fraction of sp³-hybridized carbons (Fsp3) is 0.0909. The molecule has 0 saturated heterocycles. The van der Waals surface area contributed by atoms with Crippen LogP contribution in [0.25, 0.3) is 22.2 Å². The maximum Gasteiger partial charge on any atom is 0.237 e. The van der Waals surface area contributed by atoms with Crippen LogP contribution in [-0.2, 0) is 4.79 Å². The van der Waals surface area contributed by atoms with E-state index in [1.165, 1.54) is 11.8 Å². The number of rotatable bonds is 5. The van der Waals surface area contributed by atoms with Crippen molar-refractivity contribution in [2.75, 3.05) is 5.32 Å². The van der Waals surface area contributed by atoms with Crippen LogP contribution in [0.1, 0.15) is 6.92 Å². The number of anilines is 1. The number of aromatic nitrogens is 2. The molecule has 27 heavy (non-hydrogen) atoms. The summed E-state index contributed by atoms with van der Waals surface area (Å²) >= 11 is 1.42. The summed E-state index contributed by atoms with van der Waals surface area (Å²) in [7, 11) is 0. The predicted molar refractivity (Wildman–Crippen MR) is 112 cm³/mol. The highest BCUT2D eigenvalue weighted by Gasteiger charge is 2.18. The number of para-hydroxylation sites is 3. The second-order valence-corrected chi connectivity index (χ2v) is 7.55. The van der Waals surface area contributed by atoms with Crippen molar-refractivity contribution in [2.45, 2.75) is 17.3 Å². The van der Waals surface area contributed by atoms with E-state index in [2.05, 4.69) is 15.3 Å². The first-order valence-electron chi connectivity index (χ1n) is 8.77. The third-order valence-electron chi connectivity index (χ3n) is 4.30. The third kappa shape index (κ3) is 3.88. The number of imidazole rings is 1. The highest BCUT2D eigenvalue weighted by Crippen LogP contribution is 2.29. The average molecular weight is 373 g/mol. The summed E-state index contributed by atoms with van der Waals surface area (Å²) in [6, 6.07) is 25.8. The Labute approximate surface area is 162 Å². The van der Waals surface area contributed by atoms with Crippen LogP contribution >= 0.6 is 11.8 Å². The van der Waals surface area contributed by atoms with Gasteiger partial charge in [-0.25, -0.2) is 4.98 Å². The molecular formula is C22H19N3OS. The van der Waals surface area contributed by atoms with Crippen LogP contribution in [0.4, 0.5) is 5.69 Å². The standard InChI is InChI=1S/C22H19N3OS/c1-15(27-22-24-19-13-7-8-14-20(19)25-22)21(26)23-18-12-6-5-11-17(18)16-9-3-2-4-10-16/h2-15H,1H3,(H,23,26)(H,24,25)/t15-/m1/s1. The minimum atomic E-state index is -0.283. The molecule has 1 amide bonds. The van der Waals surface area contributed by atoms with Gasteiger partial charge in [-0.15, -0.1) is 0 Å². The van der Waals surface area contributed by atoms with Gasteiger partial charge < -0.3 is 10.3 Å². The van der Waals surface area contributed by atoms with Crippen LogP contribution in [-0.4, -0.2) is 21.1 Å². The van der Waals surface area contributed by atoms with E-state index >= 15 is 0 Å². The van der Waals surface area contributed by atoms with E-state index in [1.54, 1.807) is 0 Å². The molecule has 0 bridgehead atoms. The number of nitrogens with zero attached hydrogens (tertiary/aromatic N) is 1. The topological polar surface area (TPSA) is 57.8 Å². The van der Waals surface area contributed by atoms with Gasteiger partial charge in [0.05, 0.1) is 16.3 Å². The molecule has 1 heterocycles. The van der Waals surface area contributed by atoms with Gasteiger partial charge in [-0.05, 0) is 30.7 Å². The summed E-state index contributed by atoms with van der Waals surface area (Å²) < 4.78 is 0. The van der Waals surface area contributed by atoms with Crippen molar-refractivity contribution in [1.82, 2.24) is 9.97 Å². The van der Waals surface area contributed by atoms with Crippen molar-refractivity contribution in [3.8, 4) is 11.1 Å². The van der Waals surface area contributed by atoms with Crippen LogP contribution in [0.3, 0.4) is 0 Å². The first-order chi connectivity index (χ1) is 13.2. The number of thioether (sulfide) groups is 1. The van der Waals surface area contributed by atoms with Gasteiger partial charge in [0.2, 0.25) is 5.91 Å². The summed E-state index contributed by atoms with van der Waals surface area (Å²) in [6.07, 6.45) is 0. The Morgan fingerprint density at radius 2 is 1.67 bits per heavy atom. The molecule has 4 nitrogen and oxygen atoms in total. The lowest BCUT2D eigenvalue weighted by Crippen LogP contribution is -2.22. The second-order valence-electron chi connectivity index (χ2n) is 6.22. The molecule has 0 saturated carbocycles. The Bertz CT molecular complexity index is 1040. The maximum absolute atomic E-state index is 12.7. The molecule has 0 aliphatic heterocycles. The van der Waals surface area contributed by atoms with Crippen LogP contribution in [0, 0.1) is 0 Å². The van der Waals surface area contributed by atoms with E-state index in [1.807, 2.05) is 85.8 Å². The normalized spacial score (nSPS) is 12.0. The fourth-order valence-electron chi connectivity index (χ4n) is 2.90. The summed E-state index contributed by atoms with van der Waals surface area (Å²) in [4.78, 5) is 20.5. The van der Waals surface area contributed by atoms with E-state index in [0.29, 0.717) is 0 Å². The Kier molecular flexibility index (Phi) is 4.94. The van der Waals surface area contributed by atoms with Crippen molar-refractivity contribution in [2.24, 2.45) is 0 Å². The molecule has 0 aliphatic carbocycles. The number of fused-ring (bicyclic) bond motifs is 1. The summed E-state index contributed by atoms with van der Waals surface area (Å²) in [5.74, 6) is -0.0520. The minimum Gasteiger partial charge on any atom is -0.333 e. The molecule has 134 valence electrons. The van der Waals surface area contributed by atoms with Gasteiger partial charge in [-0.2, -0.15) is 0 Å². The van der Waals surface area contributed by atoms with E-state index in [4.69, 9.17) is 0 Å². The fourth-order valence-corrected chi connectivity index (χ4v) is 3.72. The number of H-pyrrole nitrogens is 1. The van der Waals surface area contributed by atoms with Crippen LogP contribution in [0.2, 0.25) is 0 Å². The molecule has 4 aromatic rings. The second kappa shape index (κ2) is 7.68. The highest BCUT2D eigenvalue weighted by atomic mass is 32.2. The molecule has 1 aromatic heterocycles. The largest absolute Gasteiger partial charge is 0.333 e. The van der Waals surface area contributed by atoms with Gasteiger partial charge in [-0.1, -0.05) is 72.4 Å². The molecule has 1 atom stereocenters. The van der Waals surface area contributed by atoms with Gasteiger partial charge in [-0.3, -0.25) is 4.79 Å². The van der Waals surface area contributed by atoms with Gasteiger partial charge in [0.15, 0.2) is 5.16 Å². The molecule has 0 fully saturated rings. The summed E-state index contributed by atoms with van der Waals surface area (Å²) in [6.45, 7) is 1.89. The van der Waals surface area contributed by atoms with Crippen molar-refractivity contribution in [3.05, 3.63) is 78.9 Å². The van der Waals surface area contributed by atoms with Gasteiger partial charge in [0, 0.05) is 11.3 Å². The monoisotopic (exact) mass is 373 g/mol. The first kappa shape index (κ1) is 17.4. The first-order valence-corrected chi connectivity index (χ1v) is 9.65. The maximum atomic E-state index is 12.7. The van der Waals surface area contributed by atoms with Crippen LogP contribution in [0.5, 0.6) is 0 Å². The molecule has 3 aromatic carbocycles. The lowest BCUT2D eigenvalue weighted by atomic mass is 10.0. The number of benzene rings is 3. The number of carbonyl (C=O) groups excluding carboxylic acids is 1. The van der Waals surface area contributed by atoms with E-state index in [9.17, 15) is 4.79 Å². The summed E-state index contributed by atoms with van der Waals surface area (Å²) in [5.41, 5.74) is 4.77. The molecule has 0 spiro atoms. The zero-order valence-corrected chi connectivity index (χ0v) is 15.7. The predicted octanol–water partition coefficient (Wildman–Crippen LogP) is 5.35. The van der Waals surface area contributed by atoms with Crippen molar-refractivity contribution < 1.29 is 4.79 Å². The van der Waals surface area contributed by atoms with Crippen LogP contribution in [0.15, 0.2) is 84.0 Å². The number of hydrogen-bond acceptors (Lipinski definition) is 3. The Morgan fingerprint density at radius 1 is 0.963 bits per heavy atom. The molecule has 0 aliphatic rings. The molecule has 5 heteroatoms. The quantitative estimate of drug-likeness (QED) is 0.464. The molecule has 0 radical (unpaired) electrons. The zero-order valence-electron chi connectivity index (χ0n) is 14.8. The van der Waals surface area contributed by atoms with E-state index in [0.717, 1.165) is 33.0 Å². The van der Waals surface area contributed by atoms with E-state index < -0.39 is 0 Å². The SMILES string of the molecule is C[C@@H](Sc1nc2ccccc2[nH]1)C(=O)Nc1ccccc1-c1ccccc1. The minimum absolute atomic E-state index is 0.0520. The van der Waals surface area contributed by atoms with Gasteiger partial charge in [0.25, 0.3) is 0 Å². The Hall–Kier alpha value is -3.05. The number of amides is 1. The van der Waals surface area contributed by atoms with Gasteiger partial charge >= 0.3 is 0 Å². The number of aromatic amines is 1. The van der Waals surface area contributed by atoms with E-state index in [-0.39, 0.29) is 11.2 Å². The number of nitrogens with one attached hydrogen (secondary N) is 2. The Morgan fingerprint density at radius 3 is 2.48 bits per heavy atom. The number of hydrogen-bond donors (Lipinski definition) is 2. The zero-order chi connectivity index (χ0) is 18.6. The molecule has 4 rings (SSSR count). The third-order valence-corrected chi connectivity index (χ3v) is 5.28. The Balaban J connectivity index is 1.50. The molecular weight excluding hydrogens is 354 g/mol.